The van der Waals surface area contributed by atoms with Gasteiger partial charge >= 0.3 is 0 Å². The van der Waals surface area contributed by atoms with E-state index in [9.17, 15) is 9.59 Å². The molecular formula is C11H13ClN2O3. The van der Waals surface area contributed by atoms with E-state index in [-0.39, 0.29) is 17.0 Å². The summed E-state index contributed by atoms with van der Waals surface area (Å²) in [6.45, 7) is 3.72. The minimum absolute atomic E-state index is 0.0402. The van der Waals surface area contributed by atoms with Gasteiger partial charge in [-0.1, -0.05) is 0 Å². The summed E-state index contributed by atoms with van der Waals surface area (Å²) >= 11 is 5.75. The average molecular weight is 257 g/mol. The highest BCUT2D eigenvalue weighted by Crippen LogP contribution is 2.19. The molecule has 6 heteroatoms. The Kier molecular flexibility index (Phi) is 3.38. The Morgan fingerprint density at radius 1 is 1.24 bits per heavy atom. The fourth-order valence-corrected chi connectivity index (χ4v) is 2.04. The summed E-state index contributed by atoms with van der Waals surface area (Å²) in [5.41, 5.74) is 0.378. The van der Waals surface area contributed by atoms with Gasteiger partial charge in [-0.2, -0.15) is 0 Å². The molecule has 0 bridgehead atoms. The van der Waals surface area contributed by atoms with Crippen molar-refractivity contribution in [3.63, 3.8) is 0 Å². The summed E-state index contributed by atoms with van der Waals surface area (Å²) in [6.07, 6.45) is 1.39. The molecule has 0 aromatic carbocycles. The van der Waals surface area contributed by atoms with Crippen molar-refractivity contribution in [2.45, 2.75) is 6.92 Å². The molecule has 0 spiro atoms. The maximum absolute atomic E-state index is 12.0. The number of rotatable bonds is 1. The van der Waals surface area contributed by atoms with Gasteiger partial charge in [-0.05, 0) is 17.7 Å². The topological polar surface area (TPSA) is 53.8 Å². The Bertz CT molecular complexity index is 436. The molecule has 0 unspecified atom stereocenters. The first-order valence-electron chi connectivity index (χ1n) is 5.37. The van der Waals surface area contributed by atoms with E-state index in [1.54, 1.807) is 15.9 Å². The largest absolute Gasteiger partial charge is 0.452 e. The van der Waals surface area contributed by atoms with E-state index in [0.717, 1.165) is 0 Å². The number of furan rings is 1. The number of carbonyl (C=O) groups is 2. The number of carbonyl (C=O) groups excluding carboxylic acids is 2. The number of piperazine rings is 1. The van der Waals surface area contributed by atoms with Crippen LogP contribution in [0.4, 0.5) is 0 Å². The van der Waals surface area contributed by atoms with Gasteiger partial charge in [0.15, 0.2) is 0 Å². The van der Waals surface area contributed by atoms with E-state index in [1.165, 1.54) is 13.2 Å². The highest BCUT2D eigenvalue weighted by molar-refractivity contribution is 6.32. The number of nitrogens with zero attached hydrogens (tertiary/aromatic N) is 2. The minimum Gasteiger partial charge on any atom is -0.452 e. The molecule has 1 aromatic heterocycles. The predicted molar refractivity (Wildman–Crippen MR) is 61.9 cm³/mol. The summed E-state index contributed by atoms with van der Waals surface area (Å²) < 4.78 is 4.89. The van der Waals surface area contributed by atoms with Gasteiger partial charge in [-0.25, -0.2) is 0 Å². The van der Waals surface area contributed by atoms with E-state index >= 15 is 0 Å². The second-order valence-corrected chi connectivity index (χ2v) is 4.25. The minimum atomic E-state index is -0.146. The molecule has 1 fully saturated rings. The fourth-order valence-electron chi connectivity index (χ4n) is 1.84. The Hall–Kier alpha value is -1.49. The van der Waals surface area contributed by atoms with Crippen LogP contribution < -0.4 is 0 Å². The van der Waals surface area contributed by atoms with Gasteiger partial charge in [-0.3, -0.25) is 9.59 Å². The van der Waals surface area contributed by atoms with Gasteiger partial charge in [0.1, 0.15) is 0 Å². The number of halogens is 1. The van der Waals surface area contributed by atoms with Gasteiger partial charge in [-0.15, -0.1) is 0 Å². The molecule has 0 saturated carbocycles. The summed E-state index contributed by atoms with van der Waals surface area (Å²) in [4.78, 5) is 26.6. The Balaban J connectivity index is 2.00. The second-order valence-electron chi connectivity index (χ2n) is 3.91. The first-order valence-corrected chi connectivity index (χ1v) is 5.75. The molecule has 2 amide bonds. The van der Waals surface area contributed by atoms with Crippen molar-refractivity contribution >= 4 is 23.4 Å². The fraction of sp³-hybridized carbons (Fsp3) is 0.455. The molecular weight excluding hydrogens is 244 g/mol. The summed E-state index contributed by atoms with van der Waals surface area (Å²) in [6, 6.07) is 1.56. The third kappa shape index (κ3) is 2.44. The highest BCUT2D eigenvalue weighted by atomic mass is 35.5. The Morgan fingerprint density at radius 2 is 1.82 bits per heavy atom. The second kappa shape index (κ2) is 4.79. The zero-order valence-corrected chi connectivity index (χ0v) is 10.2. The molecule has 2 rings (SSSR count). The van der Waals surface area contributed by atoms with Gasteiger partial charge in [0.2, 0.25) is 11.1 Å². The quantitative estimate of drug-likeness (QED) is 0.760. The van der Waals surface area contributed by atoms with E-state index in [4.69, 9.17) is 16.0 Å². The molecule has 2 heterocycles. The smallest absolute Gasteiger partial charge is 0.258 e. The average Bonchev–Trinajstić information content (AvgIpc) is 2.74. The third-order valence-corrected chi connectivity index (χ3v) is 3.15. The van der Waals surface area contributed by atoms with Gasteiger partial charge < -0.3 is 14.2 Å². The standard InChI is InChI=1S/C11H13ClN2O3/c1-8(15)13-3-5-14(6-4-13)11(16)9-2-7-17-10(9)12/h2,7H,3-6H2,1H3. The molecule has 0 radical (unpaired) electrons. The molecule has 1 aliphatic heterocycles. The van der Waals surface area contributed by atoms with E-state index < -0.39 is 0 Å². The van der Waals surface area contributed by atoms with Crippen molar-refractivity contribution in [3.05, 3.63) is 23.1 Å². The van der Waals surface area contributed by atoms with Crippen LogP contribution >= 0.6 is 11.6 Å². The van der Waals surface area contributed by atoms with Crippen LogP contribution in [0.1, 0.15) is 17.3 Å². The lowest BCUT2D eigenvalue weighted by Crippen LogP contribution is -2.50. The lowest BCUT2D eigenvalue weighted by Gasteiger charge is -2.34. The Morgan fingerprint density at radius 3 is 2.29 bits per heavy atom. The zero-order chi connectivity index (χ0) is 12.4. The first-order chi connectivity index (χ1) is 8.09. The Labute approximate surface area is 104 Å². The van der Waals surface area contributed by atoms with E-state index in [2.05, 4.69) is 0 Å². The van der Waals surface area contributed by atoms with Crippen LogP contribution in [0.15, 0.2) is 16.7 Å². The monoisotopic (exact) mass is 256 g/mol. The molecule has 1 aromatic rings. The molecule has 0 aliphatic carbocycles. The van der Waals surface area contributed by atoms with Gasteiger partial charge in [0.25, 0.3) is 5.91 Å². The highest BCUT2D eigenvalue weighted by Gasteiger charge is 2.25. The van der Waals surface area contributed by atoms with Crippen LogP contribution in [0, 0.1) is 0 Å². The molecule has 1 saturated heterocycles. The summed E-state index contributed by atoms with van der Waals surface area (Å²) in [5.74, 6) is -0.106. The summed E-state index contributed by atoms with van der Waals surface area (Å²) in [7, 11) is 0. The van der Waals surface area contributed by atoms with Crippen molar-refractivity contribution in [2.75, 3.05) is 26.2 Å². The van der Waals surface area contributed by atoms with Crippen LogP contribution in [-0.2, 0) is 4.79 Å². The molecule has 17 heavy (non-hydrogen) atoms. The predicted octanol–water partition coefficient (Wildman–Crippen LogP) is 1.24. The normalized spacial score (nSPS) is 16.1. The lowest BCUT2D eigenvalue weighted by atomic mass is 10.2. The van der Waals surface area contributed by atoms with Crippen LogP contribution in [0.25, 0.3) is 0 Å². The first kappa shape index (κ1) is 12.0. The van der Waals surface area contributed by atoms with E-state index in [1.807, 2.05) is 0 Å². The van der Waals surface area contributed by atoms with Crippen molar-refractivity contribution in [1.82, 2.24) is 9.80 Å². The van der Waals surface area contributed by atoms with Crippen molar-refractivity contribution in [2.24, 2.45) is 0 Å². The molecule has 0 N–H and O–H groups in total. The number of amides is 2. The maximum atomic E-state index is 12.0. The molecule has 92 valence electrons. The van der Waals surface area contributed by atoms with Crippen LogP contribution in [0.3, 0.4) is 0 Å². The SMILES string of the molecule is CC(=O)N1CCN(C(=O)c2ccoc2Cl)CC1. The maximum Gasteiger partial charge on any atom is 0.258 e. The molecule has 5 nitrogen and oxygen atoms in total. The van der Waals surface area contributed by atoms with Crippen LogP contribution in [-0.4, -0.2) is 47.8 Å². The van der Waals surface area contributed by atoms with Crippen molar-refractivity contribution in [3.8, 4) is 0 Å². The molecule has 1 aliphatic rings. The number of hydrogen-bond acceptors (Lipinski definition) is 3. The zero-order valence-electron chi connectivity index (χ0n) is 9.48. The summed E-state index contributed by atoms with van der Waals surface area (Å²) in [5, 5.41) is 0.115. The molecule has 0 atom stereocenters. The van der Waals surface area contributed by atoms with Gasteiger partial charge in [0, 0.05) is 33.1 Å². The van der Waals surface area contributed by atoms with Crippen molar-refractivity contribution in [1.29, 1.82) is 0 Å². The number of hydrogen-bond donors (Lipinski definition) is 0. The van der Waals surface area contributed by atoms with Crippen molar-refractivity contribution < 1.29 is 14.0 Å². The van der Waals surface area contributed by atoms with Crippen LogP contribution in [0.2, 0.25) is 5.22 Å². The van der Waals surface area contributed by atoms with E-state index in [0.29, 0.717) is 31.7 Å². The van der Waals surface area contributed by atoms with Gasteiger partial charge in [0.05, 0.1) is 11.8 Å². The lowest BCUT2D eigenvalue weighted by molar-refractivity contribution is -0.130. The van der Waals surface area contributed by atoms with Crippen LogP contribution in [0.5, 0.6) is 0 Å². The third-order valence-electron chi connectivity index (χ3n) is 2.86.